The Balaban J connectivity index is 1.76. The average Bonchev–Trinajstić information content (AvgIpc) is 3.36. The summed E-state index contributed by atoms with van der Waals surface area (Å²) < 4.78 is 7.50. The molecule has 0 spiro atoms. The van der Waals surface area contributed by atoms with E-state index in [0.717, 1.165) is 47.6 Å². The SMILES string of the molecule is CCCCN(CC(=O)N1c2ccccc2-n2cccc2C1c1ccc(OC)cc1)C(=O)CCC. The molecule has 4 rings (SSSR count). The second kappa shape index (κ2) is 10.6. The van der Waals surface area contributed by atoms with Crippen molar-refractivity contribution < 1.29 is 14.3 Å². The standard InChI is InChI=1S/C28H33N3O3/c1-4-6-18-29(26(32)10-5-2)20-27(33)31-24-12-8-7-11-23(24)30-19-9-13-25(30)28(31)21-14-16-22(34-3)17-15-21/h7-9,11-17,19,28H,4-6,10,18,20H2,1-3H3. The van der Waals surface area contributed by atoms with Gasteiger partial charge in [0.25, 0.3) is 0 Å². The van der Waals surface area contributed by atoms with Gasteiger partial charge in [-0.3, -0.25) is 14.5 Å². The van der Waals surface area contributed by atoms with E-state index in [9.17, 15) is 9.59 Å². The fourth-order valence-corrected chi connectivity index (χ4v) is 4.62. The van der Waals surface area contributed by atoms with Crippen molar-refractivity contribution in [3.63, 3.8) is 0 Å². The molecule has 2 heterocycles. The Bertz CT molecular complexity index is 1140. The first-order chi connectivity index (χ1) is 16.6. The third-order valence-electron chi connectivity index (χ3n) is 6.34. The topological polar surface area (TPSA) is 54.8 Å². The smallest absolute Gasteiger partial charge is 0.247 e. The molecule has 0 fully saturated rings. The lowest BCUT2D eigenvalue weighted by molar-refractivity contribution is -0.135. The van der Waals surface area contributed by atoms with Crippen LogP contribution in [0, 0.1) is 0 Å². The highest BCUT2D eigenvalue weighted by molar-refractivity contribution is 6.00. The molecule has 178 valence electrons. The van der Waals surface area contributed by atoms with Gasteiger partial charge in [0.2, 0.25) is 11.8 Å². The summed E-state index contributed by atoms with van der Waals surface area (Å²) in [5.41, 5.74) is 3.80. The number of hydrogen-bond donors (Lipinski definition) is 0. The summed E-state index contributed by atoms with van der Waals surface area (Å²) in [6.45, 7) is 4.76. The number of para-hydroxylation sites is 2. The lowest BCUT2D eigenvalue weighted by Gasteiger charge is -2.39. The second-order valence-corrected chi connectivity index (χ2v) is 8.65. The van der Waals surface area contributed by atoms with Crippen LogP contribution in [0.1, 0.15) is 56.8 Å². The van der Waals surface area contributed by atoms with Crippen LogP contribution in [0.3, 0.4) is 0 Å². The molecule has 34 heavy (non-hydrogen) atoms. The van der Waals surface area contributed by atoms with Gasteiger partial charge in [0.05, 0.1) is 24.2 Å². The molecule has 0 N–H and O–H groups in total. The fraction of sp³-hybridized carbons (Fsp3) is 0.357. The van der Waals surface area contributed by atoms with E-state index < -0.39 is 0 Å². The van der Waals surface area contributed by atoms with Gasteiger partial charge in [-0.2, -0.15) is 0 Å². The van der Waals surface area contributed by atoms with Crippen LogP contribution < -0.4 is 9.64 Å². The molecular weight excluding hydrogens is 426 g/mol. The normalized spacial score (nSPS) is 14.3. The summed E-state index contributed by atoms with van der Waals surface area (Å²) in [5.74, 6) is 0.726. The van der Waals surface area contributed by atoms with E-state index in [1.54, 1.807) is 12.0 Å². The number of hydrogen-bond acceptors (Lipinski definition) is 3. The van der Waals surface area contributed by atoms with Gasteiger partial charge in [-0.15, -0.1) is 0 Å². The molecule has 6 heteroatoms. The van der Waals surface area contributed by atoms with E-state index in [1.165, 1.54) is 0 Å². The Morgan fingerprint density at radius 3 is 2.35 bits per heavy atom. The van der Waals surface area contributed by atoms with Gasteiger partial charge in [0.15, 0.2) is 0 Å². The minimum absolute atomic E-state index is 0.0407. The fourth-order valence-electron chi connectivity index (χ4n) is 4.62. The highest BCUT2D eigenvalue weighted by Crippen LogP contribution is 2.42. The van der Waals surface area contributed by atoms with Crippen LogP contribution in [0.5, 0.6) is 5.75 Å². The predicted molar refractivity (Wildman–Crippen MR) is 134 cm³/mol. The number of carbonyl (C=O) groups is 2. The summed E-state index contributed by atoms with van der Waals surface area (Å²) in [6, 6.07) is 19.6. The second-order valence-electron chi connectivity index (χ2n) is 8.65. The zero-order valence-corrected chi connectivity index (χ0v) is 20.2. The van der Waals surface area contributed by atoms with Gasteiger partial charge in [-0.25, -0.2) is 0 Å². The predicted octanol–water partition coefficient (Wildman–Crippen LogP) is 5.35. The Hall–Kier alpha value is -3.54. The van der Waals surface area contributed by atoms with E-state index in [-0.39, 0.29) is 24.4 Å². The van der Waals surface area contributed by atoms with Crippen LogP contribution in [0.4, 0.5) is 5.69 Å². The molecular formula is C28H33N3O3. The van der Waals surface area contributed by atoms with E-state index in [4.69, 9.17) is 4.74 Å². The number of amides is 2. The summed E-state index contributed by atoms with van der Waals surface area (Å²) >= 11 is 0. The molecule has 0 radical (unpaired) electrons. The van der Waals surface area contributed by atoms with Crippen LogP contribution in [0.25, 0.3) is 5.69 Å². The number of ether oxygens (including phenoxy) is 1. The molecule has 6 nitrogen and oxygen atoms in total. The largest absolute Gasteiger partial charge is 0.497 e. The highest BCUT2D eigenvalue weighted by atomic mass is 16.5. The summed E-state index contributed by atoms with van der Waals surface area (Å²) in [4.78, 5) is 30.4. The number of unbranched alkanes of at least 4 members (excludes halogenated alkanes) is 1. The van der Waals surface area contributed by atoms with Gasteiger partial charge >= 0.3 is 0 Å². The van der Waals surface area contributed by atoms with Crippen molar-refractivity contribution in [1.29, 1.82) is 0 Å². The maximum atomic E-state index is 14.0. The highest BCUT2D eigenvalue weighted by Gasteiger charge is 2.36. The Labute approximate surface area is 201 Å². The molecule has 0 bridgehead atoms. The van der Waals surface area contributed by atoms with Crippen molar-refractivity contribution >= 4 is 17.5 Å². The maximum absolute atomic E-state index is 14.0. The molecule has 1 unspecified atom stereocenters. The average molecular weight is 460 g/mol. The van der Waals surface area contributed by atoms with Gasteiger partial charge in [-0.1, -0.05) is 44.5 Å². The minimum atomic E-state index is -0.308. The van der Waals surface area contributed by atoms with Crippen molar-refractivity contribution in [2.75, 3.05) is 25.1 Å². The number of fused-ring (bicyclic) bond motifs is 3. The molecule has 1 aromatic heterocycles. The molecule has 0 aliphatic carbocycles. The zero-order chi connectivity index (χ0) is 24.1. The van der Waals surface area contributed by atoms with Crippen LogP contribution in [-0.2, 0) is 9.59 Å². The van der Waals surface area contributed by atoms with Crippen LogP contribution in [0.2, 0.25) is 0 Å². The molecule has 3 aromatic rings. The number of carbonyl (C=O) groups excluding carboxylic acids is 2. The Kier molecular flexibility index (Phi) is 7.36. The van der Waals surface area contributed by atoms with Crippen molar-refractivity contribution in [2.45, 2.75) is 45.6 Å². The van der Waals surface area contributed by atoms with Gasteiger partial charge in [0, 0.05) is 19.2 Å². The Morgan fingerprint density at radius 1 is 0.941 bits per heavy atom. The van der Waals surface area contributed by atoms with Crippen molar-refractivity contribution in [3.05, 3.63) is 78.1 Å². The minimum Gasteiger partial charge on any atom is -0.497 e. The Morgan fingerprint density at radius 2 is 1.68 bits per heavy atom. The van der Waals surface area contributed by atoms with E-state index in [1.807, 2.05) is 72.6 Å². The first-order valence-electron chi connectivity index (χ1n) is 12.1. The van der Waals surface area contributed by atoms with E-state index in [0.29, 0.717) is 13.0 Å². The summed E-state index contributed by atoms with van der Waals surface area (Å²) in [6.07, 6.45) is 5.11. The van der Waals surface area contributed by atoms with Crippen LogP contribution in [-0.4, -0.2) is 41.5 Å². The van der Waals surface area contributed by atoms with E-state index in [2.05, 4.69) is 17.6 Å². The molecule has 0 saturated carbocycles. The van der Waals surface area contributed by atoms with E-state index >= 15 is 0 Å². The number of aromatic nitrogens is 1. The molecule has 2 aromatic carbocycles. The lowest BCUT2D eigenvalue weighted by atomic mass is 9.97. The van der Waals surface area contributed by atoms with Gasteiger partial charge < -0.3 is 14.2 Å². The number of anilines is 1. The van der Waals surface area contributed by atoms with Crippen molar-refractivity contribution in [3.8, 4) is 11.4 Å². The summed E-state index contributed by atoms with van der Waals surface area (Å²) in [5, 5.41) is 0. The number of methoxy groups -OCH3 is 1. The lowest BCUT2D eigenvalue weighted by Crippen LogP contribution is -2.47. The van der Waals surface area contributed by atoms with Gasteiger partial charge in [0.1, 0.15) is 18.3 Å². The number of benzene rings is 2. The molecule has 1 atom stereocenters. The third-order valence-corrected chi connectivity index (χ3v) is 6.34. The quantitative estimate of drug-likeness (QED) is 0.433. The van der Waals surface area contributed by atoms with Crippen LogP contribution >= 0.6 is 0 Å². The van der Waals surface area contributed by atoms with Crippen molar-refractivity contribution in [1.82, 2.24) is 9.47 Å². The monoisotopic (exact) mass is 459 g/mol. The molecule has 0 saturated heterocycles. The third kappa shape index (κ3) is 4.58. The van der Waals surface area contributed by atoms with Crippen molar-refractivity contribution in [2.24, 2.45) is 0 Å². The number of rotatable bonds is 9. The van der Waals surface area contributed by atoms with Crippen LogP contribution in [0.15, 0.2) is 66.9 Å². The first kappa shape index (κ1) is 23.6. The summed E-state index contributed by atoms with van der Waals surface area (Å²) in [7, 11) is 1.64. The van der Waals surface area contributed by atoms with Gasteiger partial charge in [-0.05, 0) is 54.8 Å². The number of nitrogens with zero attached hydrogens (tertiary/aromatic N) is 3. The molecule has 1 aliphatic heterocycles. The zero-order valence-electron chi connectivity index (χ0n) is 20.2. The maximum Gasteiger partial charge on any atom is 0.247 e. The first-order valence-corrected chi connectivity index (χ1v) is 12.1. The molecule has 1 aliphatic rings. The molecule has 2 amide bonds.